The maximum absolute atomic E-state index is 13.0. The maximum atomic E-state index is 13.0. The second kappa shape index (κ2) is 8.69. The van der Waals surface area contributed by atoms with E-state index < -0.39 is 0 Å². The summed E-state index contributed by atoms with van der Waals surface area (Å²) in [5.74, 6) is 0.645. The third-order valence-electron chi connectivity index (χ3n) is 5.19. The van der Waals surface area contributed by atoms with E-state index in [4.69, 9.17) is 0 Å². The highest BCUT2D eigenvalue weighted by atomic mass is 32.1. The minimum Gasteiger partial charge on any atom is -0.336 e. The van der Waals surface area contributed by atoms with E-state index in [1.165, 1.54) is 23.3 Å². The molecule has 3 rings (SSSR count). The molecule has 1 fully saturated rings. The summed E-state index contributed by atoms with van der Waals surface area (Å²) in [6, 6.07) is 15.0. The van der Waals surface area contributed by atoms with Crippen molar-refractivity contribution in [2.24, 2.45) is 5.92 Å². The molecule has 0 aliphatic heterocycles. The standard InChI is InChI=1S/C21H29N3OS/c1-16(18-11-12-18)24(15-17-8-5-4-6-9-17)21(25)22-14-19(23(2)3)20-10-7-13-26-20/h4-10,13,16,18-19H,11-12,14-15H2,1-3H3,(H,22,25)/t16-,19-/m1/s1. The molecule has 140 valence electrons. The van der Waals surface area contributed by atoms with Gasteiger partial charge in [0.05, 0.1) is 6.04 Å². The van der Waals surface area contributed by atoms with Crippen molar-refractivity contribution in [1.82, 2.24) is 15.1 Å². The van der Waals surface area contributed by atoms with Crippen molar-refractivity contribution in [1.29, 1.82) is 0 Å². The smallest absolute Gasteiger partial charge is 0.318 e. The molecule has 0 bridgehead atoms. The molecule has 2 amide bonds. The second-order valence-electron chi connectivity index (χ2n) is 7.37. The fourth-order valence-corrected chi connectivity index (χ4v) is 4.24. The molecule has 1 aromatic heterocycles. The number of carbonyl (C=O) groups is 1. The first-order chi connectivity index (χ1) is 12.6. The Labute approximate surface area is 160 Å². The van der Waals surface area contributed by atoms with E-state index in [2.05, 4.69) is 60.9 Å². The molecule has 0 spiro atoms. The van der Waals surface area contributed by atoms with E-state index in [0.717, 1.165) is 0 Å². The molecule has 4 nitrogen and oxygen atoms in total. The van der Waals surface area contributed by atoms with Crippen LogP contribution in [0.5, 0.6) is 0 Å². The number of amides is 2. The lowest BCUT2D eigenvalue weighted by molar-refractivity contribution is 0.163. The van der Waals surface area contributed by atoms with E-state index in [-0.39, 0.29) is 18.1 Å². The molecule has 1 saturated carbocycles. The van der Waals surface area contributed by atoms with Gasteiger partial charge < -0.3 is 15.1 Å². The molecule has 0 unspecified atom stereocenters. The van der Waals surface area contributed by atoms with Crippen molar-refractivity contribution in [3.8, 4) is 0 Å². The topological polar surface area (TPSA) is 35.6 Å². The zero-order chi connectivity index (χ0) is 18.5. The molecular formula is C21H29N3OS. The van der Waals surface area contributed by atoms with Crippen LogP contribution in [0.1, 0.15) is 36.2 Å². The van der Waals surface area contributed by atoms with Gasteiger partial charge in [-0.25, -0.2) is 4.79 Å². The van der Waals surface area contributed by atoms with Crippen LogP contribution in [0.4, 0.5) is 4.79 Å². The van der Waals surface area contributed by atoms with Gasteiger partial charge >= 0.3 is 6.03 Å². The average molecular weight is 372 g/mol. The SMILES string of the molecule is C[C@H](C1CC1)N(Cc1ccccc1)C(=O)NC[C@H](c1cccs1)N(C)C. The van der Waals surface area contributed by atoms with Gasteiger partial charge in [-0.3, -0.25) is 0 Å². The van der Waals surface area contributed by atoms with E-state index in [0.29, 0.717) is 19.0 Å². The van der Waals surface area contributed by atoms with Crippen molar-refractivity contribution < 1.29 is 4.79 Å². The third-order valence-corrected chi connectivity index (χ3v) is 6.17. The number of urea groups is 1. The molecule has 5 heteroatoms. The lowest BCUT2D eigenvalue weighted by Gasteiger charge is -2.31. The molecule has 1 aliphatic carbocycles. The van der Waals surface area contributed by atoms with Crippen LogP contribution in [0.3, 0.4) is 0 Å². The van der Waals surface area contributed by atoms with Crippen LogP contribution in [0.25, 0.3) is 0 Å². The van der Waals surface area contributed by atoms with E-state index in [1.54, 1.807) is 11.3 Å². The Hall–Kier alpha value is -1.85. The summed E-state index contributed by atoms with van der Waals surface area (Å²) in [4.78, 5) is 18.5. The quantitative estimate of drug-likeness (QED) is 0.748. The molecule has 0 saturated heterocycles. The molecule has 2 aromatic rings. The second-order valence-corrected chi connectivity index (χ2v) is 8.35. The first kappa shape index (κ1) is 18.9. The van der Waals surface area contributed by atoms with Crippen LogP contribution >= 0.6 is 11.3 Å². The highest BCUT2D eigenvalue weighted by Gasteiger charge is 2.34. The van der Waals surface area contributed by atoms with Gasteiger partial charge in [0.25, 0.3) is 0 Å². The van der Waals surface area contributed by atoms with Crippen molar-refractivity contribution >= 4 is 17.4 Å². The number of benzene rings is 1. The summed E-state index contributed by atoms with van der Waals surface area (Å²) >= 11 is 1.74. The molecule has 1 aromatic carbocycles. The zero-order valence-corrected chi connectivity index (χ0v) is 16.7. The van der Waals surface area contributed by atoms with Gasteiger partial charge in [0, 0.05) is 24.0 Å². The highest BCUT2D eigenvalue weighted by Crippen LogP contribution is 2.35. The van der Waals surface area contributed by atoms with Gasteiger partial charge in [-0.1, -0.05) is 36.4 Å². The van der Waals surface area contributed by atoms with Crippen LogP contribution < -0.4 is 5.32 Å². The molecular weight excluding hydrogens is 342 g/mol. The molecule has 2 atom stereocenters. The summed E-state index contributed by atoms with van der Waals surface area (Å²) in [6.45, 7) is 3.47. The van der Waals surface area contributed by atoms with Crippen molar-refractivity contribution in [3.05, 3.63) is 58.3 Å². The third kappa shape index (κ3) is 4.86. The van der Waals surface area contributed by atoms with E-state index >= 15 is 0 Å². The Bertz CT molecular complexity index is 683. The molecule has 1 aliphatic rings. The highest BCUT2D eigenvalue weighted by molar-refractivity contribution is 7.10. The monoisotopic (exact) mass is 371 g/mol. The van der Waals surface area contributed by atoms with Crippen LogP contribution in [0.15, 0.2) is 47.8 Å². The van der Waals surface area contributed by atoms with Gasteiger partial charge in [0.15, 0.2) is 0 Å². The molecule has 0 radical (unpaired) electrons. The number of hydrogen-bond donors (Lipinski definition) is 1. The van der Waals surface area contributed by atoms with Crippen LogP contribution in [0, 0.1) is 5.92 Å². The maximum Gasteiger partial charge on any atom is 0.318 e. The summed E-state index contributed by atoms with van der Waals surface area (Å²) in [6.07, 6.45) is 2.46. The Morgan fingerprint density at radius 2 is 1.92 bits per heavy atom. The minimum atomic E-state index is 0.0386. The fourth-order valence-electron chi connectivity index (χ4n) is 3.32. The number of nitrogens with one attached hydrogen (secondary N) is 1. The summed E-state index contributed by atoms with van der Waals surface area (Å²) in [5.41, 5.74) is 1.18. The van der Waals surface area contributed by atoms with Crippen molar-refractivity contribution in [2.45, 2.75) is 38.4 Å². The Morgan fingerprint density at radius 3 is 2.50 bits per heavy atom. The van der Waals surface area contributed by atoms with E-state index in [9.17, 15) is 4.79 Å². The van der Waals surface area contributed by atoms with Crippen LogP contribution in [-0.4, -0.2) is 42.5 Å². The fraction of sp³-hybridized carbons (Fsp3) is 0.476. The average Bonchev–Trinajstić information content (AvgIpc) is 3.36. The van der Waals surface area contributed by atoms with Gasteiger partial charge in [-0.2, -0.15) is 0 Å². The van der Waals surface area contributed by atoms with Gasteiger partial charge in [-0.05, 0) is 56.8 Å². The lowest BCUT2D eigenvalue weighted by atomic mass is 10.1. The van der Waals surface area contributed by atoms with Crippen molar-refractivity contribution in [2.75, 3.05) is 20.6 Å². The summed E-state index contributed by atoms with van der Waals surface area (Å²) in [7, 11) is 4.12. The number of hydrogen-bond acceptors (Lipinski definition) is 3. The van der Waals surface area contributed by atoms with Crippen LogP contribution in [0.2, 0.25) is 0 Å². The van der Waals surface area contributed by atoms with Gasteiger partial charge in [0.1, 0.15) is 0 Å². The minimum absolute atomic E-state index is 0.0386. The largest absolute Gasteiger partial charge is 0.336 e. The first-order valence-electron chi connectivity index (χ1n) is 9.34. The Balaban J connectivity index is 1.66. The van der Waals surface area contributed by atoms with Crippen LogP contribution in [-0.2, 0) is 6.54 Å². The lowest BCUT2D eigenvalue weighted by Crippen LogP contribution is -2.47. The summed E-state index contributed by atoms with van der Waals surface area (Å²) in [5, 5.41) is 5.28. The molecule has 1 heterocycles. The summed E-state index contributed by atoms with van der Waals surface area (Å²) < 4.78 is 0. The van der Waals surface area contributed by atoms with Crippen molar-refractivity contribution in [3.63, 3.8) is 0 Å². The predicted molar refractivity (Wildman–Crippen MR) is 108 cm³/mol. The van der Waals surface area contributed by atoms with E-state index in [1.807, 2.05) is 23.1 Å². The number of likely N-dealkylation sites (N-methyl/N-ethyl adjacent to an activating group) is 1. The predicted octanol–water partition coefficient (Wildman–Crippen LogP) is 4.36. The number of thiophene rings is 1. The van der Waals surface area contributed by atoms with Gasteiger partial charge in [-0.15, -0.1) is 11.3 Å². The first-order valence-corrected chi connectivity index (χ1v) is 10.2. The Morgan fingerprint density at radius 1 is 1.19 bits per heavy atom. The number of carbonyl (C=O) groups excluding carboxylic acids is 1. The Kier molecular flexibility index (Phi) is 6.33. The normalized spacial score (nSPS) is 16.3. The number of nitrogens with zero attached hydrogens (tertiary/aromatic N) is 2. The zero-order valence-electron chi connectivity index (χ0n) is 15.9. The molecule has 1 N–H and O–H groups in total. The van der Waals surface area contributed by atoms with Gasteiger partial charge in [0.2, 0.25) is 0 Å². The number of rotatable bonds is 8. The molecule has 26 heavy (non-hydrogen) atoms.